The number of anilines is 1. The molecule has 0 N–H and O–H groups in total. The largest absolute Gasteiger partial charge is 0.426 e. The van der Waals surface area contributed by atoms with E-state index in [1.54, 1.807) is 13.3 Å². The summed E-state index contributed by atoms with van der Waals surface area (Å²) in [5, 5.41) is 0. The lowest BCUT2D eigenvalue weighted by molar-refractivity contribution is -0.131. The molecule has 1 fully saturated rings. The monoisotopic (exact) mass is 291 g/mol. The Hall–Kier alpha value is -1.95. The van der Waals surface area contributed by atoms with Gasteiger partial charge in [0.1, 0.15) is 11.6 Å². The van der Waals surface area contributed by atoms with Crippen LogP contribution < -0.4 is 9.64 Å². The Morgan fingerprint density at radius 1 is 1.62 bits per heavy atom. The van der Waals surface area contributed by atoms with Crippen LogP contribution in [-0.2, 0) is 9.53 Å². The van der Waals surface area contributed by atoms with Crippen molar-refractivity contribution in [2.45, 2.75) is 26.8 Å². The molecule has 2 heterocycles. The summed E-state index contributed by atoms with van der Waals surface area (Å²) in [5.41, 5.74) is 1.52. The number of carbonyl (C=O) groups excluding carboxylic acids is 1. The van der Waals surface area contributed by atoms with Crippen molar-refractivity contribution >= 4 is 18.0 Å². The van der Waals surface area contributed by atoms with Crippen LogP contribution >= 0.6 is 0 Å². The zero-order valence-corrected chi connectivity index (χ0v) is 12.9. The van der Waals surface area contributed by atoms with Gasteiger partial charge in [-0.2, -0.15) is 0 Å². The molecule has 1 aliphatic rings. The first-order chi connectivity index (χ1) is 10.0. The molecule has 1 atom stereocenters. The van der Waals surface area contributed by atoms with Gasteiger partial charge in [-0.15, -0.1) is 0 Å². The average molecular weight is 291 g/mol. The first-order valence-corrected chi connectivity index (χ1v) is 6.99. The molecular formula is C15H21N3O3. The lowest BCUT2D eigenvalue weighted by Gasteiger charge is -2.34. The van der Waals surface area contributed by atoms with E-state index in [4.69, 9.17) is 9.47 Å². The highest BCUT2D eigenvalue weighted by molar-refractivity contribution is 5.82. The summed E-state index contributed by atoms with van der Waals surface area (Å²) in [6.07, 6.45) is 1.68. The normalized spacial score (nSPS) is 19.0. The van der Waals surface area contributed by atoms with Gasteiger partial charge in [-0.1, -0.05) is 0 Å². The maximum absolute atomic E-state index is 11.3. The molecule has 0 aliphatic carbocycles. The Morgan fingerprint density at radius 2 is 2.38 bits per heavy atom. The van der Waals surface area contributed by atoms with Crippen molar-refractivity contribution in [1.82, 2.24) is 4.98 Å². The number of morpholine rings is 1. The van der Waals surface area contributed by atoms with Gasteiger partial charge in [0.05, 0.1) is 24.9 Å². The van der Waals surface area contributed by atoms with Crippen LogP contribution in [0.1, 0.15) is 25.1 Å². The number of esters is 1. The third-order valence-electron chi connectivity index (χ3n) is 3.42. The Bertz CT molecular complexity index is 557. The van der Waals surface area contributed by atoms with E-state index in [2.05, 4.69) is 21.8 Å². The first kappa shape index (κ1) is 15.4. The van der Waals surface area contributed by atoms with E-state index < -0.39 is 0 Å². The molecule has 1 aliphatic heterocycles. The van der Waals surface area contributed by atoms with Crippen molar-refractivity contribution in [2.24, 2.45) is 4.99 Å². The predicted molar refractivity (Wildman–Crippen MR) is 81.4 cm³/mol. The maximum atomic E-state index is 11.3. The van der Waals surface area contributed by atoms with Gasteiger partial charge in [0, 0.05) is 38.4 Å². The first-order valence-electron chi connectivity index (χ1n) is 6.99. The van der Waals surface area contributed by atoms with Crippen LogP contribution in [0.25, 0.3) is 0 Å². The number of rotatable bonds is 3. The fourth-order valence-corrected chi connectivity index (χ4v) is 2.31. The third kappa shape index (κ3) is 3.58. The number of nitrogens with zero attached hydrogens (tertiary/aromatic N) is 3. The SMILES string of the molecule is CN=Cc1nc(N2CCOC[C@H]2C)cc(OC(C)=O)c1C. The van der Waals surface area contributed by atoms with Gasteiger partial charge in [0.2, 0.25) is 0 Å². The fourth-order valence-electron chi connectivity index (χ4n) is 2.31. The number of aliphatic imine (C=N–C) groups is 1. The minimum Gasteiger partial charge on any atom is -0.426 e. The molecule has 0 spiro atoms. The summed E-state index contributed by atoms with van der Waals surface area (Å²) in [6.45, 7) is 7.44. The zero-order chi connectivity index (χ0) is 15.4. The van der Waals surface area contributed by atoms with Gasteiger partial charge in [-0.3, -0.25) is 9.79 Å². The van der Waals surface area contributed by atoms with Crippen LogP contribution in [-0.4, -0.2) is 50.0 Å². The van der Waals surface area contributed by atoms with Crippen molar-refractivity contribution in [3.8, 4) is 5.75 Å². The standard InChI is InChI=1S/C15H21N3O3/c1-10-9-20-6-5-18(10)15-7-14(21-12(3)19)11(2)13(17-15)8-16-4/h7-8,10H,5-6,9H2,1-4H3/t10-/m1/s1. The second-order valence-corrected chi connectivity index (χ2v) is 5.09. The molecule has 0 amide bonds. The van der Waals surface area contributed by atoms with Gasteiger partial charge in [-0.05, 0) is 13.8 Å². The van der Waals surface area contributed by atoms with Gasteiger partial charge in [0.15, 0.2) is 0 Å². The number of aromatic nitrogens is 1. The van der Waals surface area contributed by atoms with Crippen molar-refractivity contribution in [2.75, 3.05) is 31.7 Å². The van der Waals surface area contributed by atoms with E-state index in [-0.39, 0.29) is 12.0 Å². The highest BCUT2D eigenvalue weighted by atomic mass is 16.5. The molecule has 0 unspecified atom stereocenters. The summed E-state index contributed by atoms with van der Waals surface area (Å²) in [5.74, 6) is 0.966. The van der Waals surface area contributed by atoms with Crippen LogP contribution in [0, 0.1) is 6.92 Å². The van der Waals surface area contributed by atoms with Crippen molar-refractivity contribution in [1.29, 1.82) is 0 Å². The molecule has 0 saturated carbocycles. The van der Waals surface area contributed by atoms with Gasteiger partial charge in [0.25, 0.3) is 0 Å². The number of pyridine rings is 1. The number of hydrogen-bond donors (Lipinski definition) is 0. The summed E-state index contributed by atoms with van der Waals surface area (Å²) in [6, 6.07) is 2.04. The smallest absolute Gasteiger partial charge is 0.308 e. The van der Waals surface area contributed by atoms with Crippen LogP contribution in [0.3, 0.4) is 0 Å². The Kier molecular flexibility index (Phi) is 4.90. The molecule has 0 bridgehead atoms. The summed E-state index contributed by atoms with van der Waals surface area (Å²) >= 11 is 0. The molecule has 0 aromatic carbocycles. The highest BCUT2D eigenvalue weighted by Crippen LogP contribution is 2.27. The summed E-state index contributed by atoms with van der Waals surface area (Å²) < 4.78 is 10.7. The van der Waals surface area contributed by atoms with Gasteiger partial charge < -0.3 is 14.4 Å². The van der Waals surface area contributed by atoms with Crippen LogP contribution in [0.2, 0.25) is 0 Å². The maximum Gasteiger partial charge on any atom is 0.308 e. The summed E-state index contributed by atoms with van der Waals surface area (Å²) in [4.78, 5) is 22.1. The molecule has 114 valence electrons. The van der Waals surface area contributed by atoms with Crippen LogP contribution in [0.15, 0.2) is 11.1 Å². The van der Waals surface area contributed by atoms with E-state index in [1.807, 2.05) is 13.0 Å². The number of hydrogen-bond acceptors (Lipinski definition) is 6. The van der Waals surface area contributed by atoms with E-state index in [0.717, 1.165) is 17.9 Å². The molecule has 0 radical (unpaired) electrons. The lowest BCUT2D eigenvalue weighted by Crippen LogP contribution is -2.44. The second kappa shape index (κ2) is 6.67. The topological polar surface area (TPSA) is 64.0 Å². The van der Waals surface area contributed by atoms with Crippen LogP contribution in [0.4, 0.5) is 5.82 Å². The quantitative estimate of drug-likeness (QED) is 0.625. The molecule has 1 aromatic heterocycles. The predicted octanol–water partition coefficient (Wildman–Crippen LogP) is 1.59. The molecule has 2 rings (SSSR count). The van der Waals surface area contributed by atoms with E-state index in [1.165, 1.54) is 6.92 Å². The second-order valence-electron chi connectivity index (χ2n) is 5.09. The minimum atomic E-state index is -0.343. The number of ether oxygens (including phenoxy) is 2. The molecule has 21 heavy (non-hydrogen) atoms. The van der Waals surface area contributed by atoms with Crippen molar-refractivity contribution in [3.05, 3.63) is 17.3 Å². The Morgan fingerprint density at radius 3 is 3.00 bits per heavy atom. The zero-order valence-electron chi connectivity index (χ0n) is 12.9. The summed E-state index contributed by atoms with van der Waals surface area (Å²) in [7, 11) is 1.69. The fraction of sp³-hybridized carbons (Fsp3) is 0.533. The molecule has 1 saturated heterocycles. The van der Waals surface area contributed by atoms with Crippen molar-refractivity contribution in [3.63, 3.8) is 0 Å². The lowest BCUT2D eigenvalue weighted by atomic mass is 10.1. The van der Waals surface area contributed by atoms with Gasteiger partial charge >= 0.3 is 5.97 Å². The average Bonchev–Trinajstić information content (AvgIpc) is 2.43. The van der Waals surface area contributed by atoms with E-state index >= 15 is 0 Å². The van der Waals surface area contributed by atoms with E-state index in [9.17, 15) is 4.79 Å². The highest BCUT2D eigenvalue weighted by Gasteiger charge is 2.22. The Labute approximate surface area is 124 Å². The molecule has 1 aromatic rings. The molecule has 6 nitrogen and oxygen atoms in total. The van der Waals surface area contributed by atoms with Crippen LogP contribution in [0.5, 0.6) is 5.75 Å². The Balaban J connectivity index is 2.44. The minimum absolute atomic E-state index is 0.227. The number of carbonyl (C=O) groups is 1. The molecule has 6 heteroatoms. The van der Waals surface area contributed by atoms with E-state index in [0.29, 0.717) is 24.7 Å². The molecular weight excluding hydrogens is 270 g/mol. The van der Waals surface area contributed by atoms with Crippen molar-refractivity contribution < 1.29 is 14.3 Å². The van der Waals surface area contributed by atoms with Gasteiger partial charge in [-0.25, -0.2) is 4.98 Å². The third-order valence-corrected chi connectivity index (χ3v) is 3.42.